The first-order chi connectivity index (χ1) is 18.4. The van der Waals surface area contributed by atoms with Crippen molar-refractivity contribution in [3.63, 3.8) is 0 Å². The Balaban J connectivity index is 1.60. The number of rotatable bonds is 5. The van der Waals surface area contributed by atoms with Gasteiger partial charge in [-0.15, -0.1) is 0 Å². The van der Waals surface area contributed by atoms with Gasteiger partial charge in [-0.25, -0.2) is 13.2 Å². The molecule has 5 rings (SSSR count). The maximum atomic E-state index is 13.7. The Hall–Kier alpha value is -3.57. The van der Waals surface area contributed by atoms with Crippen LogP contribution in [-0.4, -0.2) is 20.1 Å². The lowest BCUT2D eigenvalue weighted by Crippen LogP contribution is -2.36. The van der Waals surface area contributed by atoms with Gasteiger partial charge in [0.25, 0.3) is 10.0 Å². The predicted octanol–water partition coefficient (Wildman–Crippen LogP) is 5.56. The van der Waals surface area contributed by atoms with Crippen molar-refractivity contribution in [3.8, 4) is 11.8 Å². The second-order valence-corrected chi connectivity index (χ2v) is 11.9. The molecule has 1 unspecified atom stereocenters. The molecule has 2 heterocycles. The maximum absolute atomic E-state index is 13.7. The molecule has 3 aromatic rings. The molecule has 0 amide bonds. The summed E-state index contributed by atoms with van der Waals surface area (Å²) in [4.78, 5) is 13.2. The van der Waals surface area contributed by atoms with E-state index in [9.17, 15) is 23.6 Å². The van der Waals surface area contributed by atoms with Crippen molar-refractivity contribution in [2.24, 2.45) is 0 Å². The van der Waals surface area contributed by atoms with Crippen LogP contribution in [0.15, 0.2) is 56.6 Å². The molecule has 7 nitrogen and oxygen atoms in total. The summed E-state index contributed by atoms with van der Waals surface area (Å²) in [5.41, 5.74) is 2.73. The number of benzene rings is 2. The fourth-order valence-corrected chi connectivity index (χ4v) is 7.54. The number of nitriles is 1. The third kappa shape index (κ3) is 4.60. The molecule has 0 radical (unpaired) electrons. The van der Waals surface area contributed by atoms with Crippen LogP contribution in [0.5, 0.6) is 5.75 Å². The molecule has 1 aliphatic carbocycles. The Kier molecular flexibility index (Phi) is 7.31. The van der Waals surface area contributed by atoms with Gasteiger partial charge in [-0.2, -0.15) is 5.26 Å². The van der Waals surface area contributed by atoms with Crippen LogP contribution < -0.4 is 9.93 Å². The molecule has 0 saturated carbocycles. The van der Waals surface area contributed by atoms with Gasteiger partial charge in [0.2, 0.25) is 0 Å². The zero-order valence-corrected chi connectivity index (χ0v) is 22.4. The Bertz CT molecular complexity index is 1570. The molecule has 1 atom stereocenters. The molecule has 1 aromatic heterocycles. The maximum Gasteiger partial charge on any atom is 0.343 e. The molecular weight excluding hydrogens is 500 g/mol. The highest BCUT2D eigenvalue weighted by Gasteiger charge is 2.33. The highest BCUT2D eigenvalue weighted by atomic mass is 32.2. The van der Waals surface area contributed by atoms with E-state index in [-0.39, 0.29) is 21.8 Å². The molecule has 8 heteroatoms. The van der Waals surface area contributed by atoms with Crippen molar-refractivity contribution in [3.05, 3.63) is 86.5 Å². The molecule has 198 valence electrons. The van der Waals surface area contributed by atoms with Gasteiger partial charge < -0.3 is 9.52 Å². The summed E-state index contributed by atoms with van der Waals surface area (Å²) in [7, 11) is -3.99. The summed E-state index contributed by atoms with van der Waals surface area (Å²) < 4.78 is 34.6. The van der Waals surface area contributed by atoms with Gasteiger partial charge in [0, 0.05) is 24.4 Å². The summed E-state index contributed by atoms with van der Waals surface area (Å²) >= 11 is 0. The van der Waals surface area contributed by atoms with Crippen LogP contribution >= 0.6 is 0 Å². The normalized spacial score (nSPS) is 16.5. The van der Waals surface area contributed by atoms with Crippen LogP contribution in [0.25, 0.3) is 0 Å². The van der Waals surface area contributed by atoms with E-state index in [0.717, 1.165) is 48.8 Å². The minimum atomic E-state index is -3.99. The van der Waals surface area contributed by atoms with E-state index in [0.29, 0.717) is 43.7 Å². The lowest BCUT2D eigenvalue weighted by atomic mass is 9.85. The topological polar surface area (TPSA) is 112 Å². The predicted molar refractivity (Wildman–Crippen MR) is 145 cm³/mol. The van der Waals surface area contributed by atoms with Crippen LogP contribution in [0, 0.1) is 11.3 Å². The van der Waals surface area contributed by atoms with E-state index in [1.165, 1.54) is 16.4 Å². The SMILES string of the molecule is CCC(c1ccc2c(c1)N(S(=O)(=O)c1ccccc1C#N)CCC2)c1c(O)c2c(oc1=O)CCCCCC2. The third-order valence-corrected chi connectivity index (χ3v) is 9.69. The average molecular weight is 533 g/mol. The number of fused-ring (bicyclic) bond motifs is 2. The van der Waals surface area contributed by atoms with Crippen molar-refractivity contribution in [2.75, 3.05) is 10.8 Å². The Labute approximate surface area is 223 Å². The zero-order valence-electron chi connectivity index (χ0n) is 21.6. The highest BCUT2D eigenvalue weighted by molar-refractivity contribution is 7.93. The lowest BCUT2D eigenvalue weighted by Gasteiger charge is -2.32. The number of sulfonamides is 1. The van der Waals surface area contributed by atoms with E-state index in [1.807, 2.05) is 31.2 Å². The number of aromatic hydroxyl groups is 1. The minimum Gasteiger partial charge on any atom is -0.507 e. The second kappa shape index (κ2) is 10.7. The van der Waals surface area contributed by atoms with Gasteiger partial charge in [0.1, 0.15) is 22.5 Å². The van der Waals surface area contributed by atoms with Crippen molar-refractivity contribution in [1.29, 1.82) is 5.26 Å². The number of hydrogen-bond donors (Lipinski definition) is 1. The van der Waals surface area contributed by atoms with Gasteiger partial charge in [-0.05, 0) is 67.9 Å². The number of hydrogen-bond acceptors (Lipinski definition) is 6. The van der Waals surface area contributed by atoms with Crippen LogP contribution in [0.3, 0.4) is 0 Å². The van der Waals surface area contributed by atoms with Crippen molar-refractivity contribution in [1.82, 2.24) is 0 Å². The van der Waals surface area contributed by atoms with Gasteiger partial charge >= 0.3 is 5.63 Å². The fourth-order valence-electron chi connectivity index (χ4n) is 5.86. The summed E-state index contributed by atoms with van der Waals surface area (Å²) in [6.07, 6.45) is 7.24. The van der Waals surface area contributed by atoms with Crippen LogP contribution in [0.1, 0.15) is 84.9 Å². The first-order valence-corrected chi connectivity index (χ1v) is 14.8. The molecule has 1 N–H and O–H groups in total. The third-order valence-electron chi connectivity index (χ3n) is 7.81. The van der Waals surface area contributed by atoms with Crippen molar-refractivity contribution in [2.45, 2.75) is 75.5 Å². The van der Waals surface area contributed by atoms with Gasteiger partial charge in [0.15, 0.2) is 0 Å². The fraction of sp³-hybridized carbons (Fsp3) is 0.400. The highest BCUT2D eigenvalue weighted by Crippen LogP contribution is 2.40. The quantitative estimate of drug-likeness (QED) is 0.461. The van der Waals surface area contributed by atoms with Crippen LogP contribution in [-0.2, 0) is 29.3 Å². The molecule has 38 heavy (non-hydrogen) atoms. The van der Waals surface area contributed by atoms with Crippen LogP contribution in [0.4, 0.5) is 5.69 Å². The summed E-state index contributed by atoms with van der Waals surface area (Å²) in [6.45, 7) is 2.24. The first-order valence-electron chi connectivity index (χ1n) is 13.4. The largest absolute Gasteiger partial charge is 0.507 e. The zero-order chi connectivity index (χ0) is 26.9. The van der Waals surface area contributed by atoms with Crippen molar-refractivity contribution >= 4 is 15.7 Å². The standard InChI is InChI=1S/C30H32N2O5S/c1-2-23(28-29(33)24-12-5-3-4-6-13-26(24)37-30(28)34)21-16-15-20-11-9-17-32(25(20)18-21)38(35,36)27-14-8-7-10-22(27)19-31/h7-8,10,14-16,18,23,33H,2-6,9,11-13,17H2,1H3. The molecule has 2 aliphatic rings. The van der Waals surface area contributed by atoms with Crippen LogP contribution in [0.2, 0.25) is 0 Å². The molecule has 1 aliphatic heterocycles. The molecule has 0 saturated heterocycles. The molecule has 0 fully saturated rings. The van der Waals surface area contributed by atoms with Gasteiger partial charge in [-0.1, -0.05) is 44.0 Å². The van der Waals surface area contributed by atoms with E-state index >= 15 is 0 Å². The second-order valence-electron chi connectivity index (χ2n) is 10.1. The number of anilines is 1. The summed E-state index contributed by atoms with van der Waals surface area (Å²) in [6, 6.07) is 13.9. The first kappa shape index (κ1) is 26.1. The van der Waals surface area contributed by atoms with E-state index in [1.54, 1.807) is 12.1 Å². The van der Waals surface area contributed by atoms with E-state index < -0.39 is 21.6 Å². The number of aryl methyl sites for hydroxylation is 2. The Morgan fingerprint density at radius 3 is 2.58 bits per heavy atom. The minimum absolute atomic E-state index is 0.0206. The molecule has 0 spiro atoms. The molecular formula is C30H32N2O5S. The van der Waals surface area contributed by atoms with E-state index in [2.05, 4.69) is 0 Å². The monoisotopic (exact) mass is 532 g/mol. The molecule has 0 bridgehead atoms. The van der Waals surface area contributed by atoms with Gasteiger partial charge in [0.05, 0.1) is 16.8 Å². The van der Waals surface area contributed by atoms with Crippen molar-refractivity contribution < 1.29 is 17.9 Å². The molecule has 2 aromatic carbocycles. The number of nitrogens with zero attached hydrogens (tertiary/aromatic N) is 2. The average Bonchev–Trinajstić information content (AvgIpc) is 2.91. The Morgan fingerprint density at radius 2 is 1.82 bits per heavy atom. The smallest absolute Gasteiger partial charge is 0.343 e. The Morgan fingerprint density at radius 1 is 1.05 bits per heavy atom. The summed E-state index contributed by atoms with van der Waals surface area (Å²) in [5.74, 6) is 0.157. The van der Waals surface area contributed by atoms with E-state index in [4.69, 9.17) is 4.42 Å². The van der Waals surface area contributed by atoms with Gasteiger partial charge in [-0.3, -0.25) is 4.31 Å². The summed E-state index contributed by atoms with van der Waals surface area (Å²) in [5, 5.41) is 20.8. The lowest BCUT2D eigenvalue weighted by molar-refractivity contribution is 0.384.